The molecule has 1 aromatic carbocycles. The number of fused-ring (bicyclic) bond motifs is 2. The van der Waals surface area contributed by atoms with Crippen molar-refractivity contribution in [2.45, 2.75) is 50.8 Å². The summed E-state index contributed by atoms with van der Waals surface area (Å²) in [5.41, 5.74) is 0.809. The lowest BCUT2D eigenvalue weighted by atomic mass is 10.0. The maximum absolute atomic E-state index is 10.8. The van der Waals surface area contributed by atoms with Gasteiger partial charge in [-0.05, 0) is 51.8 Å². The van der Waals surface area contributed by atoms with E-state index in [1.165, 1.54) is 18.9 Å². The fourth-order valence-corrected chi connectivity index (χ4v) is 3.56. The molecule has 2 aliphatic heterocycles. The van der Waals surface area contributed by atoms with Crippen LogP contribution in [0.2, 0.25) is 0 Å². The first-order valence-corrected chi connectivity index (χ1v) is 7.18. The van der Waals surface area contributed by atoms with Crippen LogP contribution in [0.4, 0.5) is 5.69 Å². The molecular weight excluding hydrogens is 256 g/mol. The van der Waals surface area contributed by atoms with Gasteiger partial charge in [-0.25, -0.2) is 0 Å². The molecule has 2 fully saturated rings. The SMILES string of the molecule is Cc1cc(O[C@@H]2C[C@H]3CC[C@@H](C2)N3C)ccc1[N+](=O)[O-]. The predicted molar refractivity (Wildman–Crippen MR) is 76.1 cm³/mol. The summed E-state index contributed by atoms with van der Waals surface area (Å²) in [4.78, 5) is 12.9. The van der Waals surface area contributed by atoms with Crippen molar-refractivity contribution in [2.24, 2.45) is 0 Å². The van der Waals surface area contributed by atoms with Crippen molar-refractivity contribution in [3.05, 3.63) is 33.9 Å². The van der Waals surface area contributed by atoms with Crippen molar-refractivity contribution >= 4 is 5.69 Å². The van der Waals surface area contributed by atoms with Crippen molar-refractivity contribution in [2.75, 3.05) is 7.05 Å². The van der Waals surface area contributed by atoms with Gasteiger partial charge in [0.15, 0.2) is 0 Å². The molecule has 2 aliphatic rings. The lowest BCUT2D eigenvalue weighted by Gasteiger charge is -2.36. The highest BCUT2D eigenvalue weighted by Gasteiger charge is 2.39. The van der Waals surface area contributed by atoms with Crippen LogP contribution in [0, 0.1) is 17.0 Å². The predicted octanol–water partition coefficient (Wildman–Crippen LogP) is 2.91. The largest absolute Gasteiger partial charge is 0.490 e. The normalized spacial score (nSPS) is 29.4. The number of nitrogens with zero attached hydrogens (tertiary/aromatic N) is 2. The van der Waals surface area contributed by atoms with Gasteiger partial charge in [0.25, 0.3) is 5.69 Å². The van der Waals surface area contributed by atoms with Gasteiger partial charge in [-0.3, -0.25) is 10.1 Å². The second-order valence-corrected chi connectivity index (χ2v) is 5.97. The smallest absolute Gasteiger partial charge is 0.272 e. The number of hydrogen-bond acceptors (Lipinski definition) is 4. The van der Waals surface area contributed by atoms with E-state index in [4.69, 9.17) is 4.74 Å². The Balaban J connectivity index is 1.70. The fraction of sp³-hybridized carbons (Fsp3) is 0.600. The number of piperidine rings is 1. The van der Waals surface area contributed by atoms with Crippen LogP contribution >= 0.6 is 0 Å². The third kappa shape index (κ3) is 2.38. The maximum Gasteiger partial charge on any atom is 0.272 e. The van der Waals surface area contributed by atoms with E-state index in [1.807, 2.05) is 0 Å². The van der Waals surface area contributed by atoms with Crippen molar-refractivity contribution in [1.82, 2.24) is 4.90 Å². The average Bonchev–Trinajstić information content (AvgIpc) is 2.62. The van der Waals surface area contributed by atoms with E-state index in [0.717, 1.165) is 18.6 Å². The van der Waals surface area contributed by atoms with Crippen molar-refractivity contribution in [3.63, 3.8) is 0 Å². The van der Waals surface area contributed by atoms with Crippen LogP contribution in [0.25, 0.3) is 0 Å². The number of aryl methyl sites for hydroxylation is 1. The minimum atomic E-state index is -0.352. The molecule has 0 saturated carbocycles. The molecule has 2 saturated heterocycles. The first-order chi connectivity index (χ1) is 9.54. The summed E-state index contributed by atoms with van der Waals surface area (Å²) in [6.45, 7) is 1.75. The van der Waals surface area contributed by atoms with Crippen molar-refractivity contribution in [3.8, 4) is 5.75 Å². The Morgan fingerprint density at radius 3 is 2.50 bits per heavy atom. The van der Waals surface area contributed by atoms with E-state index in [1.54, 1.807) is 19.1 Å². The van der Waals surface area contributed by atoms with Gasteiger partial charge in [0.2, 0.25) is 0 Å². The van der Waals surface area contributed by atoms with Crippen LogP contribution in [0.3, 0.4) is 0 Å². The molecule has 5 heteroatoms. The fourth-order valence-electron chi connectivity index (χ4n) is 3.56. The Morgan fingerprint density at radius 1 is 1.30 bits per heavy atom. The Morgan fingerprint density at radius 2 is 1.95 bits per heavy atom. The molecule has 108 valence electrons. The average molecular weight is 276 g/mol. The van der Waals surface area contributed by atoms with Crippen LogP contribution < -0.4 is 4.74 Å². The minimum Gasteiger partial charge on any atom is -0.490 e. The molecule has 2 bridgehead atoms. The molecule has 1 aromatic rings. The highest BCUT2D eigenvalue weighted by atomic mass is 16.6. The molecule has 0 N–H and O–H groups in total. The number of ether oxygens (including phenoxy) is 1. The van der Waals surface area contributed by atoms with Crippen LogP contribution in [-0.4, -0.2) is 35.1 Å². The standard InChI is InChI=1S/C15H20N2O3/c1-10-7-13(5-6-15(10)17(18)19)20-14-8-11-3-4-12(9-14)16(11)2/h5-7,11-12,14H,3-4,8-9H2,1-2H3/t11-,12+,14-. The number of nitro groups is 1. The number of hydrogen-bond donors (Lipinski definition) is 0. The molecule has 0 amide bonds. The lowest BCUT2D eigenvalue weighted by Crippen LogP contribution is -2.43. The van der Waals surface area contributed by atoms with Gasteiger partial charge in [0.05, 0.1) is 4.92 Å². The Bertz CT molecular complexity index is 518. The second kappa shape index (κ2) is 5.05. The third-order valence-corrected chi connectivity index (χ3v) is 4.72. The topological polar surface area (TPSA) is 55.6 Å². The summed E-state index contributed by atoms with van der Waals surface area (Å²) >= 11 is 0. The first-order valence-electron chi connectivity index (χ1n) is 7.18. The molecule has 20 heavy (non-hydrogen) atoms. The summed E-state index contributed by atoms with van der Waals surface area (Å²) in [5, 5.41) is 10.8. The minimum absolute atomic E-state index is 0.154. The second-order valence-electron chi connectivity index (χ2n) is 5.97. The van der Waals surface area contributed by atoms with E-state index < -0.39 is 0 Å². The van der Waals surface area contributed by atoms with E-state index in [9.17, 15) is 10.1 Å². The van der Waals surface area contributed by atoms with Gasteiger partial charge < -0.3 is 9.64 Å². The zero-order chi connectivity index (χ0) is 14.3. The van der Waals surface area contributed by atoms with E-state index in [0.29, 0.717) is 17.6 Å². The number of rotatable bonds is 3. The Kier molecular flexibility index (Phi) is 3.38. The summed E-state index contributed by atoms with van der Waals surface area (Å²) in [7, 11) is 2.20. The molecule has 3 rings (SSSR count). The molecule has 2 heterocycles. The van der Waals surface area contributed by atoms with E-state index in [2.05, 4.69) is 11.9 Å². The van der Waals surface area contributed by atoms with Crippen molar-refractivity contribution in [1.29, 1.82) is 0 Å². The number of benzene rings is 1. The maximum atomic E-state index is 10.8. The van der Waals surface area contributed by atoms with Crippen LogP contribution in [-0.2, 0) is 0 Å². The summed E-state index contributed by atoms with van der Waals surface area (Å²) in [5.74, 6) is 0.752. The third-order valence-electron chi connectivity index (χ3n) is 4.72. The summed E-state index contributed by atoms with van der Waals surface area (Å²) in [6, 6.07) is 6.30. The molecule has 0 aliphatic carbocycles. The molecule has 0 unspecified atom stereocenters. The summed E-state index contributed by atoms with van der Waals surface area (Å²) in [6.07, 6.45) is 4.89. The monoisotopic (exact) mass is 276 g/mol. The zero-order valence-electron chi connectivity index (χ0n) is 11.9. The Labute approximate surface area is 118 Å². The van der Waals surface area contributed by atoms with E-state index in [-0.39, 0.29) is 16.7 Å². The molecule has 3 atom stereocenters. The highest BCUT2D eigenvalue weighted by molar-refractivity contribution is 5.44. The van der Waals surface area contributed by atoms with Crippen LogP contribution in [0.15, 0.2) is 18.2 Å². The molecule has 5 nitrogen and oxygen atoms in total. The van der Waals surface area contributed by atoms with Gasteiger partial charge in [-0.15, -0.1) is 0 Å². The lowest BCUT2D eigenvalue weighted by molar-refractivity contribution is -0.385. The van der Waals surface area contributed by atoms with Crippen molar-refractivity contribution < 1.29 is 9.66 Å². The van der Waals surface area contributed by atoms with Gasteiger partial charge >= 0.3 is 0 Å². The quantitative estimate of drug-likeness (QED) is 0.629. The zero-order valence-corrected chi connectivity index (χ0v) is 11.9. The van der Waals surface area contributed by atoms with Crippen LogP contribution in [0.5, 0.6) is 5.75 Å². The molecule has 0 radical (unpaired) electrons. The highest BCUT2D eigenvalue weighted by Crippen LogP contribution is 2.36. The van der Waals surface area contributed by atoms with Gasteiger partial charge in [0, 0.05) is 23.7 Å². The van der Waals surface area contributed by atoms with Gasteiger partial charge in [0.1, 0.15) is 11.9 Å². The Hall–Kier alpha value is -1.62. The molecule has 0 aromatic heterocycles. The van der Waals surface area contributed by atoms with Gasteiger partial charge in [-0.1, -0.05) is 0 Å². The summed E-state index contributed by atoms with van der Waals surface area (Å²) < 4.78 is 6.05. The van der Waals surface area contributed by atoms with Crippen LogP contribution in [0.1, 0.15) is 31.2 Å². The van der Waals surface area contributed by atoms with E-state index >= 15 is 0 Å². The first kappa shape index (κ1) is 13.4. The molecule has 0 spiro atoms. The number of nitro benzene ring substituents is 1. The molecular formula is C15H20N2O3. The van der Waals surface area contributed by atoms with Gasteiger partial charge in [-0.2, -0.15) is 0 Å².